The molecule has 2 N–H and O–H groups in total. The summed E-state index contributed by atoms with van der Waals surface area (Å²) in [6, 6.07) is 7.93. The number of rotatable bonds is 3. The van der Waals surface area contributed by atoms with Crippen LogP contribution >= 0.6 is 0 Å². The third-order valence-electron chi connectivity index (χ3n) is 3.88. The molecule has 0 aromatic heterocycles. The molecule has 1 aromatic rings. The Bertz CT molecular complexity index is 453. The second-order valence-corrected chi connectivity index (χ2v) is 5.22. The van der Waals surface area contributed by atoms with Gasteiger partial charge in [0, 0.05) is 5.69 Å². The van der Waals surface area contributed by atoms with Gasteiger partial charge in [-0.3, -0.25) is 4.99 Å². The van der Waals surface area contributed by atoms with Crippen molar-refractivity contribution in [2.45, 2.75) is 26.3 Å². The SMILES string of the molecule is COc1ccc(N2C(N)=NCC2(C)C(C)C)cc1. The molecule has 0 radical (unpaired) electrons. The Labute approximate surface area is 108 Å². The lowest BCUT2D eigenvalue weighted by atomic mass is 9.87. The van der Waals surface area contributed by atoms with Crippen LogP contribution < -0.4 is 15.4 Å². The zero-order valence-corrected chi connectivity index (χ0v) is 11.5. The fourth-order valence-electron chi connectivity index (χ4n) is 2.24. The van der Waals surface area contributed by atoms with Gasteiger partial charge in [0.15, 0.2) is 5.96 Å². The minimum absolute atomic E-state index is 0.0569. The lowest BCUT2D eigenvalue weighted by Gasteiger charge is -2.39. The number of ether oxygens (including phenoxy) is 1. The Morgan fingerprint density at radius 2 is 1.94 bits per heavy atom. The first kappa shape index (κ1) is 12.7. The van der Waals surface area contributed by atoms with Gasteiger partial charge in [-0.2, -0.15) is 0 Å². The molecular weight excluding hydrogens is 226 g/mol. The van der Waals surface area contributed by atoms with Crippen molar-refractivity contribution in [3.63, 3.8) is 0 Å². The van der Waals surface area contributed by atoms with E-state index < -0.39 is 0 Å². The third-order valence-corrected chi connectivity index (χ3v) is 3.88. The summed E-state index contributed by atoms with van der Waals surface area (Å²) in [5.41, 5.74) is 7.04. The lowest BCUT2D eigenvalue weighted by molar-refractivity contribution is 0.366. The molecule has 1 aliphatic heterocycles. The summed E-state index contributed by atoms with van der Waals surface area (Å²) < 4.78 is 5.18. The number of benzene rings is 1. The van der Waals surface area contributed by atoms with Crippen molar-refractivity contribution in [2.24, 2.45) is 16.6 Å². The highest BCUT2D eigenvalue weighted by Gasteiger charge is 2.41. The Balaban J connectivity index is 2.36. The molecule has 1 unspecified atom stereocenters. The van der Waals surface area contributed by atoms with E-state index >= 15 is 0 Å². The molecular formula is C14H21N3O. The number of nitrogens with two attached hydrogens (primary N) is 1. The number of hydrogen-bond acceptors (Lipinski definition) is 4. The van der Waals surface area contributed by atoms with E-state index in [-0.39, 0.29) is 5.54 Å². The van der Waals surface area contributed by atoms with Crippen LogP contribution in [0.25, 0.3) is 0 Å². The van der Waals surface area contributed by atoms with Crippen LogP contribution in [0.4, 0.5) is 5.69 Å². The van der Waals surface area contributed by atoms with Gasteiger partial charge in [-0.05, 0) is 37.1 Å². The predicted octanol–water partition coefficient (Wildman–Crippen LogP) is 2.24. The molecule has 4 heteroatoms. The Hall–Kier alpha value is -1.71. The summed E-state index contributed by atoms with van der Waals surface area (Å²) in [6.07, 6.45) is 0. The number of hydrogen-bond donors (Lipinski definition) is 1. The van der Waals surface area contributed by atoms with Gasteiger partial charge in [0.25, 0.3) is 0 Å². The van der Waals surface area contributed by atoms with Crippen molar-refractivity contribution in [3.8, 4) is 5.75 Å². The molecule has 0 spiro atoms. The second-order valence-electron chi connectivity index (χ2n) is 5.22. The molecule has 1 atom stereocenters. The van der Waals surface area contributed by atoms with Crippen molar-refractivity contribution < 1.29 is 4.74 Å². The van der Waals surface area contributed by atoms with Gasteiger partial charge in [0.05, 0.1) is 19.2 Å². The van der Waals surface area contributed by atoms with E-state index in [1.165, 1.54) is 0 Å². The molecule has 0 saturated heterocycles. The van der Waals surface area contributed by atoms with Crippen LogP contribution in [-0.2, 0) is 0 Å². The van der Waals surface area contributed by atoms with Crippen LogP contribution in [0.5, 0.6) is 5.75 Å². The van der Waals surface area contributed by atoms with Gasteiger partial charge in [-0.15, -0.1) is 0 Å². The van der Waals surface area contributed by atoms with Gasteiger partial charge in [-0.1, -0.05) is 13.8 Å². The Morgan fingerprint density at radius 3 is 2.44 bits per heavy atom. The van der Waals surface area contributed by atoms with E-state index in [0.29, 0.717) is 11.9 Å². The van der Waals surface area contributed by atoms with Gasteiger partial charge < -0.3 is 15.4 Å². The van der Waals surface area contributed by atoms with E-state index in [9.17, 15) is 0 Å². The molecule has 1 aromatic carbocycles. The maximum Gasteiger partial charge on any atom is 0.196 e. The fourth-order valence-corrected chi connectivity index (χ4v) is 2.24. The maximum atomic E-state index is 6.04. The standard InChI is InChI=1S/C14H21N3O/c1-10(2)14(3)9-16-13(15)17(14)11-5-7-12(18-4)8-6-11/h5-8,10H,9H2,1-4H3,(H2,15,16). The van der Waals surface area contributed by atoms with Gasteiger partial charge in [0.2, 0.25) is 0 Å². The second kappa shape index (κ2) is 4.52. The number of methoxy groups -OCH3 is 1. The molecule has 98 valence electrons. The van der Waals surface area contributed by atoms with Gasteiger partial charge in [0.1, 0.15) is 5.75 Å². The number of guanidine groups is 1. The first-order chi connectivity index (χ1) is 8.49. The largest absolute Gasteiger partial charge is 0.497 e. The van der Waals surface area contributed by atoms with Crippen molar-refractivity contribution in [3.05, 3.63) is 24.3 Å². The molecule has 1 aliphatic rings. The highest BCUT2D eigenvalue weighted by atomic mass is 16.5. The number of nitrogens with zero attached hydrogens (tertiary/aromatic N) is 2. The predicted molar refractivity (Wildman–Crippen MR) is 75.2 cm³/mol. The van der Waals surface area contributed by atoms with E-state index in [0.717, 1.165) is 18.0 Å². The van der Waals surface area contributed by atoms with Crippen LogP contribution in [-0.4, -0.2) is 25.2 Å². The first-order valence-electron chi connectivity index (χ1n) is 6.23. The van der Waals surface area contributed by atoms with Crippen molar-refractivity contribution in [2.75, 3.05) is 18.6 Å². The maximum absolute atomic E-state index is 6.04. The van der Waals surface area contributed by atoms with Crippen LogP contribution in [0, 0.1) is 5.92 Å². The molecule has 1 heterocycles. The summed E-state index contributed by atoms with van der Waals surface area (Å²) in [4.78, 5) is 6.52. The number of anilines is 1. The van der Waals surface area contributed by atoms with Crippen molar-refractivity contribution >= 4 is 11.6 Å². The van der Waals surface area contributed by atoms with E-state index in [4.69, 9.17) is 10.5 Å². The highest BCUT2D eigenvalue weighted by molar-refractivity contribution is 5.98. The van der Waals surface area contributed by atoms with Crippen LogP contribution in [0.3, 0.4) is 0 Å². The summed E-state index contributed by atoms with van der Waals surface area (Å²) in [5.74, 6) is 1.90. The molecule has 0 aliphatic carbocycles. The zero-order valence-electron chi connectivity index (χ0n) is 11.5. The monoisotopic (exact) mass is 247 g/mol. The van der Waals surface area contributed by atoms with Crippen molar-refractivity contribution in [1.82, 2.24) is 0 Å². The van der Waals surface area contributed by atoms with E-state index in [1.54, 1.807) is 7.11 Å². The average molecular weight is 247 g/mol. The molecule has 0 fully saturated rings. The molecule has 18 heavy (non-hydrogen) atoms. The molecule has 0 saturated carbocycles. The number of aliphatic imine (C=N–C) groups is 1. The van der Waals surface area contributed by atoms with Crippen molar-refractivity contribution in [1.29, 1.82) is 0 Å². The third kappa shape index (κ3) is 1.92. The van der Waals surface area contributed by atoms with E-state index in [2.05, 4.69) is 30.7 Å². The minimum Gasteiger partial charge on any atom is -0.497 e. The van der Waals surface area contributed by atoms with Gasteiger partial charge >= 0.3 is 0 Å². The Morgan fingerprint density at radius 1 is 1.33 bits per heavy atom. The average Bonchev–Trinajstić information content (AvgIpc) is 2.67. The van der Waals surface area contributed by atoms with Crippen LogP contribution in [0.15, 0.2) is 29.3 Å². The normalized spacial score (nSPS) is 23.4. The minimum atomic E-state index is -0.0569. The van der Waals surface area contributed by atoms with E-state index in [1.807, 2.05) is 24.3 Å². The molecule has 0 amide bonds. The smallest absolute Gasteiger partial charge is 0.196 e. The summed E-state index contributed by atoms with van der Waals surface area (Å²) in [7, 11) is 1.67. The zero-order chi connectivity index (χ0) is 13.3. The topological polar surface area (TPSA) is 50.9 Å². The quantitative estimate of drug-likeness (QED) is 0.891. The van der Waals surface area contributed by atoms with Crippen LogP contribution in [0.1, 0.15) is 20.8 Å². The summed E-state index contributed by atoms with van der Waals surface area (Å²) in [6.45, 7) is 7.34. The summed E-state index contributed by atoms with van der Waals surface area (Å²) >= 11 is 0. The first-order valence-corrected chi connectivity index (χ1v) is 6.23. The Kier molecular flexibility index (Phi) is 3.20. The van der Waals surface area contributed by atoms with Gasteiger partial charge in [-0.25, -0.2) is 0 Å². The summed E-state index contributed by atoms with van der Waals surface area (Å²) in [5, 5.41) is 0. The van der Waals surface area contributed by atoms with Crippen LogP contribution in [0.2, 0.25) is 0 Å². The highest BCUT2D eigenvalue weighted by Crippen LogP contribution is 2.34. The molecule has 0 bridgehead atoms. The lowest BCUT2D eigenvalue weighted by Crippen LogP contribution is -2.53. The molecule has 2 rings (SSSR count). The molecule has 4 nitrogen and oxygen atoms in total. The fraction of sp³-hybridized carbons (Fsp3) is 0.500.